The first-order valence-corrected chi connectivity index (χ1v) is 10.1. The van der Waals surface area contributed by atoms with Crippen LogP contribution in [-0.2, 0) is 4.79 Å². The predicted molar refractivity (Wildman–Crippen MR) is 113 cm³/mol. The highest BCUT2D eigenvalue weighted by atomic mass is 19.4. The van der Waals surface area contributed by atoms with Crippen LogP contribution < -0.4 is 5.32 Å². The van der Waals surface area contributed by atoms with Crippen LogP contribution in [0.1, 0.15) is 39.0 Å². The fourth-order valence-electron chi connectivity index (χ4n) is 4.07. The van der Waals surface area contributed by atoms with Crippen LogP contribution >= 0.6 is 0 Å². The van der Waals surface area contributed by atoms with Gasteiger partial charge in [-0.2, -0.15) is 18.4 Å². The lowest BCUT2D eigenvalue weighted by molar-refractivity contribution is -0.148. The fourth-order valence-corrected chi connectivity index (χ4v) is 4.07. The molecule has 4 rings (SSSR count). The van der Waals surface area contributed by atoms with E-state index in [4.69, 9.17) is 5.26 Å². The zero-order valence-corrected chi connectivity index (χ0v) is 17.4. The first-order chi connectivity index (χ1) is 16.2. The molecular weight excluding hydrogens is 452 g/mol. The van der Waals surface area contributed by atoms with Crippen molar-refractivity contribution in [3.8, 4) is 6.07 Å². The number of hydrogen-bond acceptors (Lipinski definition) is 4. The summed E-state index contributed by atoms with van der Waals surface area (Å²) in [6, 6.07) is 12.7. The number of anilines is 1. The maximum atomic E-state index is 13.7. The predicted octanol–water partition coefficient (Wildman–Crippen LogP) is 4.57. The minimum absolute atomic E-state index is 0.0242. The molecule has 0 fully saturated rings. The van der Waals surface area contributed by atoms with E-state index in [0.717, 1.165) is 12.1 Å². The van der Waals surface area contributed by atoms with Crippen molar-refractivity contribution >= 4 is 17.5 Å². The Morgan fingerprint density at radius 2 is 1.91 bits per heavy atom. The van der Waals surface area contributed by atoms with Crippen LogP contribution in [0.25, 0.3) is 0 Å². The molecule has 0 spiro atoms. The van der Waals surface area contributed by atoms with E-state index < -0.39 is 42.3 Å². The Balaban J connectivity index is 1.84. The molecule has 0 bridgehead atoms. The highest BCUT2D eigenvalue weighted by Gasteiger charge is 2.47. The Labute approximate surface area is 191 Å². The lowest BCUT2D eigenvalue weighted by Gasteiger charge is -2.41. The Kier molecular flexibility index (Phi) is 6.03. The average Bonchev–Trinajstić information content (AvgIpc) is 2.81. The zero-order chi connectivity index (χ0) is 24.5. The Morgan fingerprint density at radius 3 is 2.59 bits per heavy atom. The summed E-state index contributed by atoms with van der Waals surface area (Å²) < 4.78 is 54.2. The molecule has 172 valence electrons. The van der Waals surface area contributed by atoms with Crippen LogP contribution in [-0.4, -0.2) is 34.4 Å². The standard InChI is InChI=1S/C24H16F4N4O2/c25-19-8-7-16(10-15(19)11-29)31-22(33)20-17-5-1-2-6-18(17)23(34)32(13-24(26,27)28)21(20)14-4-3-9-30-12-14/h1-10,12,20-21H,13H2,(H,31,33)/t20-,21+/m0/s1. The van der Waals surface area contributed by atoms with Gasteiger partial charge in [0.1, 0.15) is 18.4 Å². The number of fused-ring (bicyclic) bond motifs is 1. The molecule has 3 aromatic rings. The van der Waals surface area contributed by atoms with Gasteiger partial charge < -0.3 is 10.2 Å². The molecule has 1 aliphatic heterocycles. The number of aromatic nitrogens is 1. The van der Waals surface area contributed by atoms with Gasteiger partial charge in [-0.15, -0.1) is 0 Å². The maximum Gasteiger partial charge on any atom is 0.406 e. The molecule has 2 amide bonds. The molecule has 0 unspecified atom stereocenters. The number of rotatable bonds is 4. The summed E-state index contributed by atoms with van der Waals surface area (Å²) in [5.41, 5.74) is 0.250. The van der Waals surface area contributed by atoms with Crippen LogP contribution in [0.3, 0.4) is 0 Å². The molecule has 1 N–H and O–H groups in total. The van der Waals surface area contributed by atoms with Gasteiger partial charge in [-0.05, 0) is 41.5 Å². The van der Waals surface area contributed by atoms with E-state index >= 15 is 0 Å². The third kappa shape index (κ3) is 4.45. The molecule has 10 heteroatoms. The molecule has 2 heterocycles. The van der Waals surface area contributed by atoms with E-state index in [-0.39, 0.29) is 27.9 Å². The first kappa shape index (κ1) is 22.9. The number of nitrogens with zero attached hydrogens (tertiary/aromatic N) is 3. The van der Waals surface area contributed by atoms with Crippen LogP contribution in [0.5, 0.6) is 0 Å². The lowest BCUT2D eigenvalue weighted by Crippen LogP contribution is -2.49. The molecule has 0 saturated carbocycles. The van der Waals surface area contributed by atoms with Gasteiger partial charge in [0.2, 0.25) is 5.91 Å². The monoisotopic (exact) mass is 468 g/mol. The number of pyridine rings is 1. The van der Waals surface area contributed by atoms with E-state index in [0.29, 0.717) is 4.90 Å². The van der Waals surface area contributed by atoms with Crippen LogP contribution in [0.4, 0.5) is 23.2 Å². The average molecular weight is 468 g/mol. The second-order valence-electron chi connectivity index (χ2n) is 7.64. The Morgan fingerprint density at radius 1 is 1.15 bits per heavy atom. The van der Waals surface area contributed by atoms with Crippen LogP contribution in [0.15, 0.2) is 67.0 Å². The molecule has 34 heavy (non-hydrogen) atoms. The number of benzene rings is 2. The summed E-state index contributed by atoms with van der Waals surface area (Å²) in [6.45, 7) is -1.57. The van der Waals surface area contributed by atoms with E-state index in [9.17, 15) is 27.2 Å². The van der Waals surface area contributed by atoms with Crippen molar-refractivity contribution in [2.24, 2.45) is 0 Å². The highest BCUT2D eigenvalue weighted by molar-refractivity contribution is 6.04. The summed E-state index contributed by atoms with van der Waals surface area (Å²) in [4.78, 5) is 31.2. The molecule has 0 saturated heterocycles. The van der Waals surface area contributed by atoms with Crippen molar-refractivity contribution in [1.29, 1.82) is 5.26 Å². The van der Waals surface area contributed by atoms with Crippen molar-refractivity contribution < 1.29 is 27.2 Å². The van der Waals surface area contributed by atoms with E-state index in [1.54, 1.807) is 12.1 Å². The normalized spacial score (nSPS) is 17.6. The summed E-state index contributed by atoms with van der Waals surface area (Å²) >= 11 is 0. The third-order valence-electron chi connectivity index (χ3n) is 5.45. The largest absolute Gasteiger partial charge is 0.406 e. The molecule has 1 aliphatic rings. The van der Waals surface area contributed by atoms with Gasteiger partial charge >= 0.3 is 6.18 Å². The maximum absolute atomic E-state index is 13.7. The minimum atomic E-state index is -4.72. The van der Waals surface area contributed by atoms with Gasteiger partial charge in [0.25, 0.3) is 5.91 Å². The number of hydrogen-bond donors (Lipinski definition) is 1. The van der Waals surface area contributed by atoms with Gasteiger partial charge in [0.05, 0.1) is 17.5 Å². The van der Waals surface area contributed by atoms with Gasteiger partial charge in [0.15, 0.2) is 0 Å². The highest BCUT2D eigenvalue weighted by Crippen LogP contribution is 2.44. The molecule has 2 atom stereocenters. The zero-order valence-electron chi connectivity index (χ0n) is 17.4. The van der Waals surface area contributed by atoms with Crippen molar-refractivity contribution in [3.63, 3.8) is 0 Å². The molecular formula is C24H16F4N4O2. The van der Waals surface area contributed by atoms with Gasteiger partial charge in [-0.1, -0.05) is 24.3 Å². The quantitative estimate of drug-likeness (QED) is 0.569. The molecule has 0 aliphatic carbocycles. The van der Waals surface area contributed by atoms with Gasteiger partial charge in [0, 0.05) is 23.6 Å². The summed E-state index contributed by atoms with van der Waals surface area (Å²) in [7, 11) is 0. The number of amides is 2. The number of carbonyl (C=O) groups is 2. The summed E-state index contributed by atoms with van der Waals surface area (Å²) in [5, 5.41) is 11.6. The van der Waals surface area contributed by atoms with E-state index in [1.165, 1.54) is 48.8 Å². The van der Waals surface area contributed by atoms with Crippen LogP contribution in [0, 0.1) is 17.1 Å². The molecule has 2 aromatic carbocycles. The number of nitriles is 1. The fraction of sp³-hybridized carbons (Fsp3) is 0.167. The Bertz CT molecular complexity index is 1290. The number of nitrogens with one attached hydrogen (secondary N) is 1. The first-order valence-electron chi connectivity index (χ1n) is 10.1. The minimum Gasteiger partial charge on any atom is -0.325 e. The van der Waals surface area contributed by atoms with Crippen molar-refractivity contribution in [2.75, 3.05) is 11.9 Å². The lowest BCUT2D eigenvalue weighted by atomic mass is 9.79. The molecule has 1 aromatic heterocycles. The van der Waals surface area contributed by atoms with Gasteiger partial charge in [-0.25, -0.2) is 4.39 Å². The molecule has 6 nitrogen and oxygen atoms in total. The smallest absolute Gasteiger partial charge is 0.325 e. The second kappa shape index (κ2) is 8.94. The topological polar surface area (TPSA) is 86.1 Å². The van der Waals surface area contributed by atoms with E-state index in [1.807, 2.05) is 0 Å². The SMILES string of the molecule is N#Cc1cc(NC(=O)[C@H]2c3ccccc3C(=O)N(CC(F)(F)F)[C@@H]2c2cccnc2)ccc1F. The summed E-state index contributed by atoms with van der Waals surface area (Å²) in [6.07, 6.45) is -1.99. The van der Waals surface area contributed by atoms with Crippen LogP contribution in [0.2, 0.25) is 0 Å². The van der Waals surface area contributed by atoms with Crippen molar-refractivity contribution in [2.45, 2.75) is 18.1 Å². The number of alkyl halides is 3. The summed E-state index contributed by atoms with van der Waals surface area (Å²) in [5.74, 6) is -3.61. The van der Waals surface area contributed by atoms with Crippen molar-refractivity contribution in [1.82, 2.24) is 9.88 Å². The number of halogens is 4. The third-order valence-corrected chi connectivity index (χ3v) is 5.45. The van der Waals surface area contributed by atoms with E-state index in [2.05, 4.69) is 10.3 Å². The van der Waals surface area contributed by atoms with Gasteiger partial charge in [-0.3, -0.25) is 14.6 Å². The number of carbonyl (C=O) groups excluding carboxylic acids is 2. The van der Waals surface area contributed by atoms with Crippen molar-refractivity contribution in [3.05, 3.63) is 95.1 Å². The second-order valence-corrected chi connectivity index (χ2v) is 7.64. The Hall–Kier alpha value is -4.26. The molecule has 0 radical (unpaired) electrons.